The molecule has 4 aliphatic heterocycles. The molecule has 0 radical (unpaired) electrons. The number of anilines is 1. The van der Waals surface area contributed by atoms with Crippen LogP contribution in [0.2, 0.25) is 0 Å². The minimum atomic E-state index is -0.102. The average Bonchev–Trinajstić information content (AvgIpc) is 2.98. The van der Waals surface area contributed by atoms with Crippen LogP contribution in [0.4, 0.5) is 5.82 Å². The Bertz CT molecular complexity index is 781. The highest BCUT2D eigenvalue weighted by molar-refractivity contribution is 5.96. The van der Waals surface area contributed by atoms with Crippen LogP contribution in [0, 0.1) is 5.92 Å². The van der Waals surface area contributed by atoms with Gasteiger partial charge in [-0.25, -0.2) is 4.98 Å². The standard InChI is InChI=1S/C18H20N4O/c1-2-4-15-13(3-1)5-6-16(19-15)20-17-11-18(23-21-17)12-22-9-7-14(18)8-10-22/h1-6,14H,7-12H2,(H,19,20,21). The SMILES string of the molecule is c1ccc2nc(NC3=NOC4(C3)CN3CCC4CC3)ccc2c1. The van der Waals surface area contributed by atoms with Crippen molar-refractivity contribution >= 4 is 22.6 Å². The van der Waals surface area contributed by atoms with E-state index in [2.05, 4.69) is 32.5 Å². The topological polar surface area (TPSA) is 49.8 Å². The van der Waals surface area contributed by atoms with E-state index in [1.54, 1.807) is 0 Å². The van der Waals surface area contributed by atoms with Crippen molar-refractivity contribution in [3.63, 3.8) is 0 Å². The number of aromatic nitrogens is 1. The summed E-state index contributed by atoms with van der Waals surface area (Å²) < 4.78 is 0. The Morgan fingerprint density at radius 2 is 2.00 bits per heavy atom. The van der Waals surface area contributed by atoms with Crippen molar-refractivity contribution in [3.8, 4) is 0 Å². The fourth-order valence-corrected chi connectivity index (χ4v) is 4.27. The van der Waals surface area contributed by atoms with Crippen molar-refractivity contribution in [3.05, 3.63) is 36.4 Å². The Morgan fingerprint density at radius 1 is 1.13 bits per heavy atom. The van der Waals surface area contributed by atoms with Gasteiger partial charge in [-0.2, -0.15) is 0 Å². The van der Waals surface area contributed by atoms with E-state index in [9.17, 15) is 0 Å². The molecule has 1 atom stereocenters. The number of fused-ring (bicyclic) bond motifs is 3. The molecular weight excluding hydrogens is 288 g/mol. The molecule has 1 aromatic heterocycles. The summed E-state index contributed by atoms with van der Waals surface area (Å²) in [6, 6.07) is 12.2. The van der Waals surface area contributed by atoms with Crippen LogP contribution in [-0.2, 0) is 4.84 Å². The molecule has 1 aromatic carbocycles. The molecule has 3 fully saturated rings. The fraction of sp³-hybridized carbons (Fsp3) is 0.444. The molecule has 1 spiro atoms. The number of nitrogens with one attached hydrogen (secondary N) is 1. The van der Waals surface area contributed by atoms with Crippen molar-refractivity contribution in [1.82, 2.24) is 9.88 Å². The Labute approximate surface area is 135 Å². The van der Waals surface area contributed by atoms with Gasteiger partial charge in [-0.05, 0) is 44.1 Å². The lowest BCUT2D eigenvalue weighted by molar-refractivity contribution is -0.136. The van der Waals surface area contributed by atoms with Gasteiger partial charge in [0.1, 0.15) is 5.82 Å². The number of amidine groups is 1. The number of benzene rings is 1. The zero-order chi connectivity index (χ0) is 15.3. The second-order valence-corrected chi connectivity index (χ2v) is 6.94. The summed E-state index contributed by atoms with van der Waals surface area (Å²) in [7, 11) is 0. The fourth-order valence-electron chi connectivity index (χ4n) is 4.27. The highest BCUT2D eigenvalue weighted by Crippen LogP contribution is 2.43. The minimum absolute atomic E-state index is 0.102. The van der Waals surface area contributed by atoms with Gasteiger partial charge in [0, 0.05) is 17.8 Å². The lowest BCUT2D eigenvalue weighted by Crippen LogP contribution is -2.59. The van der Waals surface area contributed by atoms with Crippen molar-refractivity contribution in [2.24, 2.45) is 11.1 Å². The highest BCUT2D eigenvalue weighted by atomic mass is 16.7. The van der Waals surface area contributed by atoms with Crippen LogP contribution < -0.4 is 5.32 Å². The number of hydrogen-bond acceptors (Lipinski definition) is 5. The maximum absolute atomic E-state index is 5.94. The quantitative estimate of drug-likeness (QED) is 0.880. The van der Waals surface area contributed by atoms with E-state index in [0.29, 0.717) is 5.92 Å². The Balaban J connectivity index is 1.35. The molecule has 118 valence electrons. The first kappa shape index (κ1) is 13.3. The van der Waals surface area contributed by atoms with Crippen LogP contribution in [0.5, 0.6) is 0 Å². The molecular formula is C18H20N4O. The van der Waals surface area contributed by atoms with Crippen LogP contribution in [0.3, 0.4) is 0 Å². The third-order valence-electron chi connectivity index (χ3n) is 5.50. The molecule has 1 N–H and O–H groups in total. The van der Waals surface area contributed by atoms with Gasteiger partial charge in [0.15, 0.2) is 11.4 Å². The molecule has 0 amide bonds. The van der Waals surface area contributed by atoms with Gasteiger partial charge in [-0.15, -0.1) is 0 Å². The molecule has 0 aliphatic carbocycles. The number of piperidine rings is 3. The zero-order valence-corrected chi connectivity index (χ0v) is 13.0. The van der Waals surface area contributed by atoms with Gasteiger partial charge in [0.05, 0.1) is 11.9 Å². The third kappa shape index (κ3) is 2.18. The molecule has 23 heavy (non-hydrogen) atoms. The summed E-state index contributed by atoms with van der Waals surface area (Å²) in [5, 5.41) is 8.85. The van der Waals surface area contributed by atoms with E-state index < -0.39 is 0 Å². The maximum atomic E-state index is 5.94. The smallest absolute Gasteiger partial charge is 0.160 e. The van der Waals surface area contributed by atoms with Gasteiger partial charge in [0.2, 0.25) is 0 Å². The number of oxime groups is 1. The summed E-state index contributed by atoms with van der Waals surface area (Å²) in [5.74, 6) is 2.38. The molecule has 6 rings (SSSR count). The minimum Gasteiger partial charge on any atom is -0.386 e. The third-order valence-corrected chi connectivity index (χ3v) is 5.50. The van der Waals surface area contributed by atoms with E-state index in [1.165, 1.54) is 25.9 Å². The van der Waals surface area contributed by atoms with Gasteiger partial charge < -0.3 is 10.2 Å². The van der Waals surface area contributed by atoms with Crippen LogP contribution >= 0.6 is 0 Å². The normalized spacial score (nSPS) is 32.1. The second-order valence-electron chi connectivity index (χ2n) is 6.94. The number of para-hydroxylation sites is 1. The summed E-state index contributed by atoms with van der Waals surface area (Å²) in [6.07, 6.45) is 3.33. The lowest BCUT2D eigenvalue weighted by Gasteiger charge is -2.49. The molecule has 5 heterocycles. The first-order chi connectivity index (χ1) is 11.3. The predicted octanol–water partition coefficient (Wildman–Crippen LogP) is 2.84. The van der Waals surface area contributed by atoms with Gasteiger partial charge in [0.25, 0.3) is 0 Å². The molecule has 0 saturated carbocycles. The van der Waals surface area contributed by atoms with Crippen LogP contribution in [0.15, 0.2) is 41.6 Å². The molecule has 5 nitrogen and oxygen atoms in total. The van der Waals surface area contributed by atoms with Crippen LogP contribution in [-0.4, -0.2) is 41.0 Å². The largest absolute Gasteiger partial charge is 0.386 e. The van der Waals surface area contributed by atoms with Crippen LogP contribution in [0.1, 0.15) is 19.3 Å². The van der Waals surface area contributed by atoms with Crippen molar-refractivity contribution in [2.75, 3.05) is 25.0 Å². The monoisotopic (exact) mass is 308 g/mol. The van der Waals surface area contributed by atoms with E-state index in [-0.39, 0.29) is 5.60 Å². The van der Waals surface area contributed by atoms with Gasteiger partial charge >= 0.3 is 0 Å². The Kier molecular flexibility index (Phi) is 2.85. The van der Waals surface area contributed by atoms with E-state index in [1.807, 2.05) is 24.3 Å². The second kappa shape index (κ2) is 4.93. The molecule has 2 bridgehead atoms. The lowest BCUT2D eigenvalue weighted by atomic mass is 9.73. The zero-order valence-electron chi connectivity index (χ0n) is 13.0. The molecule has 5 heteroatoms. The first-order valence-corrected chi connectivity index (χ1v) is 8.41. The summed E-state index contributed by atoms with van der Waals surface area (Å²) in [4.78, 5) is 13.1. The van der Waals surface area contributed by atoms with E-state index >= 15 is 0 Å². The Morgan fingerprint density at radius 3 is 2.83 bits per heavy atom. The molecule has 2 aromatic rings. The molecule has 4 aliphatic rings. The van der Waals surface area contributed by atoms with E-state index in [4.69, 9.17) is 4.84 Å². The summed E-state index contributed by atoms with van der Waals surface area (Å²) in [5.41, 5.74) is 0.893. The van der Waals surface area contributed by atoms with Crippen molar-refractivity contribution in [2.45, 2.75) is 24.9 Å². The average molecular weight is 308 g/mol. The molecule has 3 saturated heterocycles. The van der Waals surface area contributed by atoms with Gasteiger partial charge in [-0.1, -0.05) is 23.4 Å². The van der Waals surface area contributed by atoms with Crippen molar-refractivity contribution in [1.29, 1.82) is 0 Å². The predicted molar refractivity (Wildman–Crippen MR) is 90.4 cm³/mol. The van der Waals surface area contributed by atoms with Crippen LogP contribution in [0.25, 0.3) is 10.9 Å². The first-order valence-electron chi connectivity index (χ1n) is 8.41. The number of hydrogen-bond donors (Lipinski definition) is 1. The maximum Gasteiger partial charge on any atom is 0.160 e. The van der Waals surface area contributed by atoms with Gasteiger partial charge in [-0.3, -0.25) is 4.90 Å². The number of pyridine rings is 1. The Hall–Kier alpha value is -2.14. The highest BCUT2D eigenvalue weighted by Gasteiger charge is 2.52. The number of nitrogens with zero attached hydrogens (tertiary/aromatic N) is 3. The summed E-state index contributed by atoms with van der Waals surface area (Å²) >= 11 is 0. The number of rotatable bonds is 1. The summed E-state index contributed by atoms with van der Waals surface area (Å²) in [6.45, 7) is 3.44. The molecule has 1 unspecified atom stereocenters. The van der Waals surface area contributed by atoms with E-state index in [0.717, 1.165) is 35.5 Å². The van der Waals surface area contributed by atoms with Crippen molar-refractivity contribution < 1.29 is 4.84 Å².